The van der Waals surface area contributed by atoms with Gasteiger partial charge in [-0.3, -0.25) is 9.69 Å². The number of amides is 1. The molecule has 0 radical (unpaired) electrons. The van der Waals surface area contributed by atoms with Gasteiger partial charge in [0.2, 0.25) is 5.91 Å². The standard InChI is InChI=1S/C18H23N3O3/c1-13-12-17(20-24-13)19-18(22)9-11-21-10-3-4-16(21)14-5-7-15(23-2)8-6-14/h5-8,12,16H,3-4,9-11H2,1-2H3,(H,19,20,22)/t16-/m0/s1. The van der Waals surface area contributed by atoms with Crippen molar-refractivity contribution in [3.05, 3.63) is 41.7 Å². The molecule has 2 heterocycles. The number of likely N-dealkylation sites (tertiary alicyclic amines) is 1. The molecule has 6 nitrogen and oxygen atoms in total. The Hall–Kier alpha value is -2.34. The molecule has 0 bridgehead atoms. The van der Waals surface area contributed by atoms with Crippen LogP contribution in [0, 0.1) is 6.92 Å². The quantitative estimate of drug-likeness (QED) is 0.882. The minimum absolute atomic E-state index is 0.0383. The van der Waals surface area contributed by atoms with Crippen LogP contribution in [-0.2, 0) is 4.79 Å². The van der Waals surface area contributed by atoms with Gasteiger partial charge in [-0.15, -0.1) is 0 Å². The van der Waals surface area contributed by atoms with Crippen molar-refractivity contribution in [2.24, 2.45) is 0 Å². The van der Waals surface area contributed by atoms with Gasteiger partial charge in [0.1, 0.15) is 11.5 Å². The van der Waals surface area contributed by atoms with Crippen LogP contribution in [0.25, 0.3) is 0 Å². The summed E-state index contributed by atoms with van der Waals surface area (Å²) in [6.45, 7) is 3.55. The molecule has 0 saturated carbocycles. The minimum atomic E-state index is -0.0383. The number of aromatic nitrogens is 1. The highest BCUT2D eigenvalue weighted by Gasteiger charge is 2.26. The van der Waals surface area contributed by atoms with Crippen molar-refractivity contribution in [3.63, 3.8) is 0 Å². The van der Waals surface area contributed by atoms with Crippen molar-refractivity contribution in [2.45, 2.75) is 32.2 Å². The van der Waals surface area contributed by atoms with Crippen LogP contribution in [0.1, 0.15) is 36.6 Å². The third-order valence-electron chi connectivity index (χ3n) is 4.39. The zero-order valence-corrected chi connectivity index (χ0v) is 14.1. The zero-order chi connectivity index (χ0) is 16.9. The molecule has 3 rings (SSSR count). The predicted octanol–water partition coefficient (Wildman–Crippen LogP) is 3.16. The molecule has 1 aromatic heterocycles. The molecular formula is C18H23N3O3. The third-order valence-corrected chi connectivity index (χ3v) is 4.39. The van der Waals surface area contributed by atoms with Crippen LogP contribution in [0.15, 0.2) is 34.9 Å². The number of carbonyl (C=O) groups excluding carboxylic acids is 1. The Balaban J connectivity index is 1.54. The number of nitrogens with one attached hydrogen (secondary N) is 1. The van der Waals surface area contributed by atoms with Crippen molar-refractivity contribution in [2.75, 3.05) is 25.5 Å². The topological polar surface area (TPSA) is 67.6 Å². The molecule has 1 aliphatic heterocycles. The minimum Gasteiger partial charge on any atom is -0.497 e. The molecule has 0 unspecified atom stereocenters. The molecule has 6 heteroatoms. The summed E-state index contributed by atoms with van der Waals surface area (Å²) < 4.78 is 10.2. The zero-order valence-electron chi connectivity index (χ0n) is 14.1. The Morgan fingerprint density at radius 3 is 2.88 bits per heavy atom. The fourth-order valence-corrected chi connectivity index (χ4v) is 3.17. The second-order valence-corrected chi connectivity index (χ2v) is 6.09. The van der Waals surface area contributed by atoms with Gasteiger partial charge in [-0.25, -0.2) is 0 Å². The molecule has 2 aromatic rings. The van der Waals surface area contributed by atoms with Crippen LogP contribution >= 0.6 is 0 Å². The number of anilines is 1. The molecule has 24 heavy (non-hydrogen) atoms. The maximum Gasteiger partial charge on any atom is 0.226 e. The Kier molecular flexibility index (Phi) is 5.15. The molecule has 1 aromatic carbocycles. The van der Waals surface area contributed by atoms with E-state index in [1.807, 2.05) is 12.1 Å². The molecule has 128 valence electrons. The highest BCUT2D eigenvalue weighted by atomic mass is 16.5. The summed E-state index contributed by atoms with van der Waals surface area (Å²) in [6, 6.07) is 10.3. The van der Waals surface area contributed by atoms with Crippen LogP contribution < -0.4 is 10.1 Å². The lowest BCUT2D eigenvalue weighted by Gasteiger charge is -2.24. The lowest BCUT2D eigenvalue weighted by atomic mass is 10.0. The van der Waals surface area contributed by atoms with Crippen molar-refractivity contribution in [1.82, 2.24) is 10.1 Å². The fourth-order valence-electron chi connectivity index (χ4n) is 3.17. The van der Waals surface area contributed by atoms with Gasteiger partial charge >= 0.3 is 0 Å². The number of rotatable bonds is 6. The van der Waals surface area contributed by atoms with E-state index in [0.717, 1.165) is 31.7 Å². The lowest BCUT2D eigenvalue weighted by molar-refractivity contribution is -0.116. The summed E-state index contributed by atoms with van der Waals surface area (Å²) in [6.07, 6.45) is 2.72. The lowest BCUT2D eigenvalue weighted by Crippen LogP contribution is -2.27. The second-order valence-electron chi connectivity index (χ2n) is 6.09. The van der Waals surface area contributed by atoms with E-state index in [-0.39, 0.29) is 5.91 Å². The van der Waals surface area contributed by atoms with Gasteiger partial charge in [-0.05, 0) is 44.0 Å². The number of hydrogen-bond donors (Lipinski definition) is 1. The first-order valence-corrected chi connectivity index (χ1v) is 8.27. The molecule has 0 aliphatic carbocycles. The maximum atomic E-state index is 12.1. The fraction of sp³-hybridized carbons (Fsp3) is 0.444. The van der Waals surface area contributed by atoms with E-state index in [1.165, 1.54) is 5.56 Å². The average Bonchev–Trinajstić information content (AvgIpc) is 3.22. The van der Waals surface area contributed by atoms with E-state index in [0.29, 0.717) is 24.0 Å². The van der Waals surface area contributed by atoms with Crippen LogP contribution in [0.5, 0.6) is 5.75 Å². The summed E-state index contributed by atoms with van der Waals surface area (Å²) in [7, 11) is 1.67. The van der Waals surface area contributed by atoms with Crippen molar-refractivity contribution in [3.8, 4) is 5.75 Å². The van der Waals surface area contributed by atoms with Gasteiger partial charge in [0, 0.05) is 25.1 Å². The Morgan fingerprint density at radius 1 is 1.42 bits per heavy atom. The van der Waals surface area contributed by atoms with Gasteiger partial charge < -0.3 is 14.6 Å². The first-order valence-electron chi connectivity index (χ1n) is 8.27. The summed E-state index contributed by atoms with van der Waals surface area (Å²) in [5.74, 6) is 1.99. The Morgan fingerprint density at radius 2 is 2.21 bits per heavy atom. The van der Waals surface area contributed by atoms with Crippen LogP contribution in [0.4, 0.5) is 5.82 Å². The number of benzene rings is 1. The van der Waals surface area contributed by atoms with Crippen LogP contribution in [-0.4, -0.2) is 36.2 Å². The van der Waals surface area contributed by atoms with Crippen molar-refractivity contribution >= 4 is 11.7 Å². The van der Waals surface area contributed by atoms with E-state index in [9.17, 15) is 4.79 Å². The summed E-state index contributed by atoms with van der Waals surface area (Å²) in [5, 5.41) is 6.55. The van der Waals surface area contributed by atoms with E-state index in [2.05, 4.69) is 27.5 Å². The van der Waals surface area contributed by atoms with Crippen molar-refractivity contribution in [1.29, 1.82) is 0 Å². The van der Waals surface area contributed by atoms with Gasteiger partial charge in [-0.2, -0.15) is 0 Å². The van der Waals surface area contributed by atoms with E-state index in [1.54, 1.807) is 20.1 Å². The van der Waals surface area contributed by atoms with Crippen LogP contribution in [0.2, 0.25) is 0 Å². The van der Waals surface area contributed by atoms with Gasteiger partial charge in [0.25, 0.3) is 0 Å². The third kappa shape index (κ3) is 3.94. The molecule has 1 N–H and O–H groups in total. The highest BCUT2D eigenvalue weighted by molar-refractivity contribution is 5.89. The van der Waals surface area contributed by atoms with Gasteiger partial charge in [0.15, 0.2) is 5.82 Å². The molecule has 0 spiro atoms. The van der Waals surface area contributed by atoms with Crippen molar-refractivity contribution < 1.29 is 14.1 Å². The summed E-state index contributed by atoms with van der Waals surface area (Å²) in [5.41, 5.74) is 1.28. The number of aryl methyl sites for hydroxylation is 1. The summed E-state index contributed by atoms with van der Waals surface area (Å²) in [4.78, 5) is 14.4. The molecular weight excluding hydrogens is 306 g/mol. The van der Waals surface area contributed by atoms with E-state index < -0.39 is 0 Å². The molecule has 1 fully saturated rings. The number of nitrogens with zero attached hydrogens (tertiary/aromatic N) is 2. The van der Waals surface area contributed by atoms with Crippen LogP contribution in [0.3, 0.4) is 0 Å². The van der Waals surface area contributed by atoms with Gasteiger partial charge in [0.05, 0.1) is 7.11 Å². The summed E-state index contributed by atoms with van der Waals surface area (Å²) >= 11 is 0. The monoisotopic (exact) mass is 329 g/mol. The normalized spacial score (nSPS) is 17.8. The number of carbonyl (C=O) groups is 1. The predicted molar refractivity (Wildman–Crippen MR) is 91.0 cm³/mol. The van der Waals surface area contributed by atoms with Gasteiger partial charge in [-0.1, -0.05) is 17.3 Å². The first-order chi connectivity index (χ1) is 11.7. The molecule has 1 saturated heterocycles. The number of ether oxygens (including phenoxy) is 1. The Labute approximate surface area is 141 Å². The Bertz CT molecular complexity index is 681. The number of methoxy groups -OCH3 is 1. The molecule has 1 aliphatic rings. The second kappa shape index (κ2) is 7.49. The van der Waals surface area contributed by atoms with E-state index in [4.69, 9.17) is 9.26 Å². The molecule has 1 amide bonds. The van der Waals surface area contributed by atoms with E-state index >= 15 is 0 Å². The smallest absolute Gasteiger partial charge is 0.226 e. The molecule has 1 atom stereocenters. The largest absolute Gasteiger partial charge is 0.497 e. The number of hydrogen-bond acceptors (Lipinski definition) is 5. The first kappa shape index (κ1) is 16.5. The average molecular weight is 329 g/mol. The maximum absolute atomic E-state index is 12.1. The highest BCUT2D eigenvalue weighted by Crippen LogP contribution is 2.32. The SMILES string of the molecule is COc1ccc([C@@H]2CCCN2CCC(=O)Nc2cc(C)on2)cc1.